The molecule has 0 saturated heterocycles. The first-order chi connectivity index (χ1) is 10.9. The van der Waals surface area contributed by atoms with Crippen LogP contribution in [-0.4, -0.2) is 30.4 Å². The third kappa shape index (κ3) is 3.57. The molecule has 0 heterocycles. The second-order valence-corrected chi connectivity index (χ2v) is 7.53. The van der Waals surface area contributed by atoms with Crippen LogP contribution >= 0.6 is 23.2 Å². The number of alkyl halides is 2. The zero-order valence-corrected chi connectivity index (χ0v) is 14.5. The van der Waals surface area contributed by atoms with Crippen molar-refractivity contribution in [1.29, 1.82) is 0 Å². The van der Waals surface area contributed by atoms with Crippen LogP contribution in [0.1, 0.15) is 11.1 Å². The predicted octanol–water partition coefficient (Wildman–Crippen LogP) is 3.49. The summed E-state index contributed by atoms with van der Waals surface area (Å²) in [5.74, 6) is 0.111. The largest absolute Gasteiger partial charge is 0.508 e. The van der Waals surface area contributed by atoms with Crippen molar-refractivity contribution in [3.63, 3.8) is 0 Å². The Labute approximate surface area is 145 Å². The van der Waals surface area contributed by atoms with Gasteiger partial charge in [0.2, 0.25) is 9.84 Å². The first-order valence-corrected chi connectivity index (χ1v) is 9.47. The van der Waals surface area contributed by atoms with Crippen molar-refractivity contribution >= 4 is 33.0 Å². The number of hydrogen-bond donors (Lipinski definition) is 2. The highest BCUT2D eigenvalue weighted by atomic mass is 35.5. The summed E-state index contributed by atoms with van der Waals surface area (Å²) in [4.78, 5) is -0.0286. The third-order valence-electron chi connectivity index (χ3n) is 3.48. The smallest absolute Gasteiger partial charge is 0.207 e. The van der Waals surface area contributed by atoms with Crippen molar-refractivity contribution in [2.75, 3.05) is 11.8 Å². The molecule has 2 aromatic rings. The van der Waals surface area contributed by atoms with Gasteiger partial charge in [-0.15, -0.1) is 23.2 Å². The van der Waals surface area contributed by atoms with E-state index in [1.807, 2.05) is 0 Å². The van der Waals surface area contributed by atoms with Crippen LogP contribution in [0.25, 0.3) is 0 Å². The van der Waals surface area contributed by atoms with E-state index in [0.717, 1.165) is 0 Å². The molecule has 2 rings (SSSR count). The van der Waals surface area contributed by atoms with Gasteiger partial charge >= 0.3 is 0 Å². The zero-order chi connectivity index (χ0) is 17.0. The van der Waals surface area contributed by atoms with E-state index >= 15 is 0 Å². The Kier molecular flexibility index (Phi) is 5.79. The molecule has 0 spiro atoms. The molecular formula is C16H16Cl2O4S. The standard InChI is InChI=1S/C16H16Cl2O4S/c17-9-7-11-13(19)3-1-5-15(11)23(21,22)16-6-2-4-14(20)12(16)8-10-18/h1-6,19-20H,7-10H2. The lowest BCUT2D eigenvalue weighted by Gasteiger charge is -2.15. The van der Waals surface area contributed by atoms with E-state index < -0.39 is 9.84 Å². The lowest BCUT2D eigenvalue weighted by Crippen LogP contribution is -2.09. The maximum atomic E-state index is 13.0. The van der Waals surface area contributed by atoms with Gasteiger partial charge in [-0.1, -0.05) is 12.1 Å². The van der Waals surface area contributed by atoms with Crippen molar-refractivity contribution in [1.82, 2.24) is 0 Å². The van der Waals surface area contributed by atoms with Crippen molar-refractivity contribution in [3.05, 3.63) is 47.5 Å². The molecule has 4 nitrogen and oxygen atoms in total. The lowest BCUT2D eigenvalue weighted by molar-refractivity contribution is 0.465. The van der Waals surface area contributed by atoms with Gasteiger partial charge in [0.25, 0.3) is 0 Å². The first kappa shape index (κ1) is 17.9. The number of hydrogen-bond acceptors (Lipinski definition) is 4. The highest BCUT2D eigenvalue weighted by molar-refractivity contribution is 7.91. The summed E-state index contributed by atoms with van der Waals surface area (Å²) < 4.78 is 26.0. The second-order valence-electron chi connectivity index (χ2n) is 4.89. The molecule has 2 aromatic carbocycles. The average molecular weight is 375 g/mol. The molecule has 0 aliphatic heterocycles. The topological polar surface area (TPSA) is 74.6 Å². The minimum absolute atomic E-state index is 0.0143. The Balaban J connectivity index is 2.70. The maximum Gasteiger partial charge on any atom is 0.207 e. The molecule has 0 fully saturated rings. The summed E-state index contributed by atoms with van der Waals surface area (Å²) >= 11 is 11.4. The fourth-order valence-corrected chi connectivity index (χ4v) is 4.61. The monoisotopic (exact) mass is 374 g/mol. The van der Waals surface area contributed by atoms with E-state index in [2.05, 4.69) is 0 Å². The van der Waals surface area contributed by atoms with E-state index in [-0.39, 0.29) is 57.0 Å². The number of rotatable bonds is 6. The van der Waals surface area contributed by atoms with E-state index in [9.17, 15) is 18.6 Å². The fraction of sp³-hybridized carbons (Fsp3) is 0.250. The molecule has 0 radical (unpaired) electrons. The molecule has 124 valence electrons. The SMILES string of the molecule is O=S(=O)(c1cccc(O)c1CCCl)c1cccc(O)c1CCCl. The first-order valence-electron chi connectivity index (χ1n) is 6.92. The minimum Gasteiger partial charge on any atom is -0.508 e. The number of phenols is 2. The van der Waals surface area contributed by atoms with Crippen LogP contribution in [0.4, 0.5) is 0 Å². The van der Waals surface area contributed by atoms with Crippen LogP contribution in [0.2, 0.25) is 0 Å². The number of sulfone groups is 1. The summed E-state index contributed by atoms with van der Waals surface area (Å²) in [5, 5.41) is 19.9. The molecular weight excluding hydrogens is 359 g/mol. The molecule has 0 bridgehead atoms. The molecule has 7 heteroatoms. The van der Waals surface area contributed by atoms with E-state index in [1.54, 1.807) is 0 Å². The Morgan fingerprint density at radius 3 is 1.52 bits per heavy atom. The average Bonchev–Trinajstić information content (AvgIpc) is 2.51. The predicted molar refractivity (Wildman–Crippen MR) is 90.5 cm³/mol. The lowest BCUT2D eigenvalue weighted by atomic mass is 10.1. The Morgan fingerprint density at radius 2 is 1.17 bits per heavy atom. The van der Waals surface area contributed by atoms with E-state index in [1.165, 1.54) is 36.4 Å². The molecule has 0 unspecified atom stereocenters. The molecule has 2 N–H and O–H groups in total. The molecule has 0 atom stereocenters. The van der Waals surface area contributed by atoms with Gasteiger partial charge in [0.15, 0.2) is 0 Å². The van der Waals surface area contributed by atoms with Crippen molar-refractivity contribution in [2.45, 2.75) is 22.6 Å². The summed E-state index contributed by atoms with van der Waals surface area (Å²) in [6, 6.07) is 8.61. The quantitative estimate of drug-likeness (QED) is 0.758. The van der Waals surface area contributed by atoms with Gasteiger partial charge in [-0.05, 0) is 37.1 Å². The summed E-state index contributed by atoms with van der Waals surface area (Å²) in [5.41, 5.74) is 0.533. The van der Waals surface area contributed by atoms with Crippen LogP contribution in [0.15, 0.2) is 46.2 Å². The molecule has 23 heavy (non-hydrogen) atoms. The number of halogens is 2. The third-order valence-corrected chi connectivity index (χ3v) is 5.79. The Bertz CT molecular complexity index is 742. The summed E-state index contributed by atoms with van der Waals surface area (Å²) in [7, 11) is -3.93. The number of phenolic OH excluding ortho intramolecular Hbond substituents is 2. The second kappa shape index (κ2) is 7.43. The highest BCUT2D eigenvalue weighted by Gasteiger charge is 2.26. The Morgan fingerprint density at radius 1 is 0.783 bits per heavy atom. The van der Waals surface area contributed by atoms with Gasteiger partial charge in [-0.2, -0.15) is 0 Å². The molecule has 0 aromatic heterocycles. The minimum atomic E-state index is -3.93. The van der Waals surface area contributed by atoms with Crippen LogP contribution in [0.3, 0.4) is 0 Å². The van der Waals surface area contributed by atoms with Crippen LogP contribution in [0.5, 0.6) is 11.5 Å². The number of benzene rings is 2. The van der Waals surface area contributed by atoms with Gasteiger partial charge in [-0.3, -0.25) is 0 Å². The van der Waals surface area contributed by atoms with Crippen molar-refractivity contribution in [2.24, 2.45) is 0 Å². The fourth-order valence-electron chi connectivity index (χ4n) is 2.42. The van der Waals surface area contributed by atoms with Gasteiger partial charge in [-0.25, -0.2) is 8.42 Å². The van der Waals surface area contributed by atoms with E-state index in [4.69, 9.17) is 23.2 Å². The Hall–Kier alpha value is -1.43. The molecule has 0 amide bonds. The van der Waals surface area contributed by atoms with Crippen molar-refractivity contribution < 1.29 is 18.6 Å². The molecule has 0 aliphatic rings. The molecule has 0 saturated carbocycles. The maximum absolute atomic E-state index is 13.0. The highest BCUT2D eigenvalue weighted by Crippen LogP contribution is 2.34. The van der Waals surface area contributed by atoms with E-state index in [0.29, 0.717) is 0 Å². The van der Waals surface area contributed by atoms with Gasteiger partial charge in [0.05, 0.1) is 9.79 Å². The number of aromatic hydroxyl groups is 2. The molecule has 0 aliphatic carbocycles. The van der Waals surface area contributed by atoms with Crippen LogP contribution < -0.4 is 0 Å². The normalized spacial score (nSPS) is 11.6. The van der Waals surface area contributed by atoms with Gasteiger partial charge in [0, 0.05) is 22.9 Å². The van der Waals surface area contributed by atoms with Crippen LogP contribution in [-0.2, 0) is 22.7 Å². The zero-order valence-electron chi connectivity index (χ0n) is 12.2. The summed E-state index contributed by atoms with van der Waals surface area (Å²) in [6.45, 7) is 0. The van der Waals surface area contributed by atoms with Gasteiger partial charge in [0.1, 0.15) is 11.5 Å². The van der Waals surface area contributed by atoms with Crippen LogP contribution in [0, 0.1) is 0 Å². The summed E-state index contributed by atoms with van der Waals surface area (Å²) in [6.07, 6.45) is 0.429. The van der Waals surface area contributed by atoms with Gasteiger partial charge < -0.3 is 10.2 Å². The van der Waals surface area contributed by atoms with Crippen molar-refractivity contribution in [3.8, 4) is 11.5 Å².